The smallest absolute Gasteiger partial charge is 0.192 e. The Morgan fingerprint density at radius 2 is 1.94 bits per heavy atom. The summed E-state index contributed by atoms with van der Waals surface area (Å²) < 4.78 is 18.5. The van der Waals surface area contributed by atoms with Crippen molar-refractivity contribution in [1.29, 1.82) is 5.26 Å². The summed E-state index contributed by atoms with van der Waals surface area (Å²) in [6.07, 6.45) is 8.05. The van der Waals surface area contributed by atoms with Crippen LogP contribution in [0.2, 0.25) is 23.2 Å². The predicted octanol–water partition coefficient (Wildman–Crippen LogP) is 8.64. The lowest BCUT2D eigenvalue weighted by molar-refractivity contribution is -0.114. The summed E-state index contributed by atoms with van der Waals surface area (Å²) in [5.74, 6) is 1.06. The third-order valence-electron chi connectivity index (χ3n) is 9.47. The minimum atomic E-state index is -1.90. The van der Waals surface area contributed by atoms with Crippen molar-refractivity contribution in [2.24, 2.45) is 0 Å². The summed E-state index contributed by atoms with van der Waals surface area (Å²) in [4.78, 5) is 24.5. The van der Waals surface area contributed by atoms with Crippen molar-refractivity contribution in [2.75, 3.05) is 25.5 Å². The van der Waals surface area contributed by atoms with Crippen LogP contribution in [0.25, 0.3) is 10.9 Å². The lowest BCUT2D eigenvalue weighted by Gasteiger charge is -2.38. The van der Waals surface area contributed by atoms with Gasteiger partial charge in [-0.2, -0.15) is 5.26 Å². The number of nitrogens with zero attached hydrogens (tertiary/aromatic N) is 4. The van der Waals surface area contributed by atoms with Crippen LogP contribution in [0.15, 0.2) is 73.1 Å². The monoisotopic (exact) mass is 711 g/mol. The third kappa shape index (κ3) is 8.90. The topological polar surface area (TPSA) is 110 Å². The standard InChI is InChI=1S/C39H46ClN5O4Si/c1-8-47-37-21-35-33(18-26(37)17-31(46)14-13-30-20-32(24-45(30)5)49-50(6,7)39(2,3)4)38(27(22-41)23-43-35)44-28-12-15-36(34(40)19-28)48-25-29-11-9-10-16-42-29/h9-16,18-19,21,23,30,32H,8,17,20,24-25H2,1-7H3,(H,43,44)/b14-13+/t30-,32-/m1/s1. The second kappa shape index (κ2) is 15.7. The molecule has 2 atom stereocenters. The molecule has 3 heterocycles. The Kier molecular flexibility index (Phi) is 11.6. The number of likely N-dealkylation sites (N-methyl/N-ethyl adjacent to an activating group) is 1. The van der Waals surface area contributed by atoms with Crippen LogP contribution in [0.5, 0.6) is 11.5 Å². The number of benzene rings is 2. The van der Waals surface area contributed by atoms with Crippen molar-refractivity contribution in [3.8, 4) is 17.6 Å². The van der Waals surface area contributed by atoms with Gasteiger partial charge in [-0.3, -0.25) is 19.7 Å². The predicted molar refractivity (Wildman–Crippen MR) is 202 cm³/mol. The molecule has 2 aromatic carbocycles. The van der Waals surface area contributed by atoms with Gasteiger partial charge in [-0.05, 0) is 81.0 Å². The molecule has 0 bridgehead atoms. The lowest BCUT2D eigenvalue weighted by Crippen LogP contribution is -2.44. The Bertz CT molecular complexity index is 1900. The zero-order valence-electron chi connectivity index (χ0n) is 29.9. The van der Waals surface area contributed by atoms with Crippen molar-refractivity contribution in [2.45, 2.75) is 77.4 Å². The molecule has 262 valence electrons. The van der Waals surface area contributed by atoms with E-state index in [1.54, 1.807) is 24.4 Å². The third-order valence-corrected chi connectivity index (χ3v) is 14.3. The van der Waals surface area contributed by atoms with Crippen LogP contribution in [0.4, 0.5) is 11.4 Å². The molecule has 0 aliphatic carbocycles. The summed E-state index contributed by atoms with van der Waals surface area (Å²) in [5, 5.41) is 14.6. The second-order valence-corrected chi connectivity index (χ2v) is 19.4. The number of hydrogen-bond donors (Lipinski definition) is 1. The number of nitrogens with one attached hydrogen (secondary N) is 1. The number of fused-ring (bicyclic) bond motifs is 1. The Labute approximate surface area is 301 Å². The maximum Gasteiger partial charge on any atom is 0.192 e. The number of halogens is 1. The van der Waals surface area contributed by atoms with E-state index >= 15 is 0 Å². The largest absolute Gasteiger partial charge is 0.494 e. The van der Waals surface area contributed by atoms with Gasteiger partial charge < -0.3 is 19.2 Å². The summed E-state index contributed by atoms with van der Waals surface area (Å²) >= 11 is 6.60. The van der Waals surface area contributed by atoms with Gasteiger partial charge in [0.05, 0.1) is 40.2 Å². The molecule has 0 unspecified atom stereocenters. The number of anilines is 2. The molecule has 9 nitrogen and oxygen atoms in total. The highest BCUT2D eigenvalue weighted by atomic mass is 35.5. The molecule has 11 heteroatoms. The summed E-state index contributed by atoms with van der Waals surface area (Å²) in [7, 11) is 0.183. The van der Waals surface area contributed by atoms with Crippen molar-refractivity contribution >= 4 is 48.0 Å². The van der Waals surface area contributed by atoms with E-state index in [1.807, 2.05) is 49.4 Å². The fraction of sp³-hybridized carbons (Fsp3) is 0.385. The Hall–Kier alpha value is -4.27. The van der Waals surface area contributed by atoms with E-state index in [4.69, 9.17) is 25.5 Å². The molecule has 2 aromatic heterocycles. The van der Waals surface area contributed by atoms with Crippen LogP contribution < -0.4 is 14.8 Å². The normalized spacial score (nSPS) is 16.9. The van der Waals surface area contributed by atoms with Gasteiger partial charge in [-0.15, -0.1) is 0 Å². The molecular weight excluding hydrogens is 666 g/mol. The summed E-state index contributed by atoms with van der Waals surface area (Å²) in [5.41, 5.74) is 3.70. The highest BCUT2D eigenvalue weighted by Gasteiger charge is 2.41. The van der Waals surface area contributed by atoms with Crippen LogP contribution in [0.3, 0.4) is 0 Å². The zero-order valence-corrected chi connectivity index (χ0v) is 31.7. The summed E-state index contributed by atoms with van der Waals surface area (Å²) in [6.45, 7) is 14.8. The molecule has 5 rings (SSSR count). The summed E-state index contributed by atoms with van der Waals surface area (Å²) in [6, 6.07) is 17.1. The van der Waals surface area contributed by atoms with E-state index in [2.05, 4.69) is 67.2 Å². The molecule has 1 aliphatic heterocycles. The first-order valence-electron chi connectivity index (χ1n) is 16.9. The number of hydrogen-bond acceptors (Lipinski definition) is 9. The molecule has 1 N–H and O–H groups in total. The highest BCUT2D eigenvalue weighted by molar-refractivity contribution is 6.74. The van der Waals surface area contributed by atoms with Gasteiger partial charge >= 0.3 is 0 Å². The van der Waals surface area contributed by atoms with Gasteiger partial charge in [-0.1, -0.05) is 44.5 Å². The average Bonchev–Trinajstić information content (AvgIpc) is 3.41. The Balaban J connectivity index is 1.35. The Morgan fingerprint density at radius 3 is 2.62 bits per heavy atom. The first-order valence-corrected chi connectivity index (χ1v) is 20.2. The van der Waals surface area contributed by atoms with E-state index in [0.717, 1.165) is 18.7 Å². The lowest BCUT2D eigenvalue weighted by atomic mass is 10.0. The van der Waals surface area contributed by atoms with Crippen LogP contribution in [-0.2, 0) is 22.2 Å². The van der Waals surface area contributed by atoms with Gasteiger partial charge in [0.2, 0.25) is 0 Å². The van der Waals surface area contributed by atoms with Gasteiger partial charge in [0.1, 0.15) is 24.2 Å². The molecule has 1 saturated heterocycles. The Morgan fingerprint density at radius 1 is 1.14 bits per heavy atom. The number of likely N-dealkylation sites (tertiary alicyclic amines) is 1. The first-order chi connectivity index (χ1) is 23.8. The van der Waals surface area contributed by atoms with Crippen molar-refractivity contribution in [3.63, 3.8) is 0 Å². The number of pyridine rings is 2. The van der Waals surface area contributed by atoms with Gasteiger partial charge in [0.15, 0.2) is 14.1 Å². The molecule has 1 aliphatic rings. The highest BCUT2D eigenvalue weighted by Crippen LogP contribution is 2.39. The van der Waals surface area contributed by atoms with E-state index in [1.165, 1.54) is 6.20 Å². The number of aromatic nitrogens is 2. The number of nitriles is 1. The second-order valence-electron chi connectivity index (χ2n) is 14.2. The maximum absolute atomic E-state index is 13.4. The van der Waals surface area contributed by atoms with Crippen LogP contribution in [0, 0.1) is 11.3 Å². The fourth-order valence-corrected chi connectivity index (χ4v) is 7.33. The minimum absolute atomic E-state index is 0.0422. The van der Waals surface area contributed by atoms with Crippen molar-refractivity contribution < 1.29 is 18.7 Å². The molecule has 0 amide bonds. The maximum atomic E-state index is 13.4. The number of carbonyl (C=O) groups excluding carboxylic acids is 1. The van der Waals surface area contributed by atoms with Crippen LogP contribution in [-0.4, -0.2) is 61.3 Å². The van der Waals surface area contributed by atoms with Crippen molar-refractivity contribution in [3.05, 3.63) is 94.9 Å². The van der Waals surface area contributed by atoms with E-state index < -0.39 is 8.32 Å². The minimum Gasteiger partial charge on any atom is -0.494 e. The van der Waals surface area contributed by atoms with Gasteiger partial charge in [0, 0.05) is 54.1 Å². The molecule has 1 fully saturated rings. The van der Waals surface area contributed by atoms with E-state index in [-0.39, 0.29) is 36.0 Å². The van der Waals surface area contributed by atoms with Crippen LogP contribution in [0.1, 0.15) is 50.9 Å². The molecule has 4 aromatic rings. The fourth-order valence-electron chi connectivity index (χ4n) is 5.74. The van der Waals surface area contributed by atoms with E-state index in [9.17, 15) is 10.1 Å². The SMILES string of the molecule is CCOc1cc2ncc(C#N)c(Nc3ccc(OCc4ccccn4)c(Cl)c3)c2cc1CC(=O)/C=C/[C@@H]1C[C@@H](O[Si](C)(C)C(C)(C)C)CN1C. The first kappa shape index (κ1) is 37.0. The average molecular weight is 712 g/mol. The van der Waals surface area contributed by atoms with E-state index in [0.29, 0.717) is 56.5 Å². The zero-order chi connectivity index (χ0) is 36.1. The number of ketones is 1. The molecule has 0 spiro atoms. The van der Waals surface area contributed by atoms with Crippen molar-refractivity contribution in [1.82, 2.24) is 14.9 Å². The molecule has 50 heavy (non-hydrogen) atoms. The molecular formula is C39H46ClN5O4Si. The van der Waals surface area contributed by atoms with Crippen LogP contribution >= 0.6 is 11.6 Å². The van der Waals surface area contributed by atoms with Gasteiger partial charge in [0.25, 0.3) is 0 Å². The van der Waals surface area contributed by atoms with Gasteiger partial charge in [-0.25, -0.2) is 0 Å². The quantitative estimate of drug-likeness (QED) is 0.108. The number of carbonyl (C=O) groups is 1. The number of allylic oxidation sites excluding steroid dienone is 1. The molecule has 0 saturated carbocycles. The number of ether oxygens (including phenoxy) is 2. The number of rotatable bonds is 13. The molecule has 0 radical (unpaired) electrons.